The molecule has 2 aromatic carbocycles. The van der Waals surface area contributed by atoms with E-state index in [1.165, 1.54) is 6.21 Å². The third-order valence-corrected chi connectivity index (χ3v) is 4.24. The number of nitrogens with zero attached hydrogens (tertiary/aromatic N) is 1. The van der Waals surface area contributed by atoms with E-state index in [9.17, 15) is 9.90 Å². The molecule has 0 unspecified atom stereocenters. The highest BCUT2D eigenvalue weighted by molar-refractivity contribution is 14.1. The minimum Gasteiger partial charge on any atom is -0.506 e. The lowest BCUT2D eigenvalue weighted by Crippen LogP contribution is -2.24. The number of halogens is 3. The number of nitrogens with one attached hydrogen (secondary N) is 1. The Morgan fingerprint density at radius 3 is 2.91 bits per heavy atom. The summed E-state index contributed by atoms with van der Waals surface area (Å²) in [5, 5.41) is 14.1. The van der Waals surface area contributed by atoms with Gasteiger partial charge in [0.15, 0.2) is 6.61 Å². The van der Waals surface area contributed by atoms with Crippen LogP contribution in [0.2, 0.25) is 5.02 Å². The van der Waals surface area contributed by atoms with Crippen molar-refractivity contribution in [2.24, 2.45) is 5.10 Å². The average Bonchev–Trinajstić information content (AvgIpc) is 2.51. The number of carbonyl (C=O) groups is 1. The fraction of sp³-hybridized carbons (Fsp3) is 0.0667. The molecule has 2 rings (SSSR count). The first-order valence-corrected chi connectivity index (χ1v) is 8.59. The molecule has 0 atom stereocenters. The molecule has 0 fully saturated rings. The maximum Gasteiger partial charge on any atom is 0.277 e. The largest absolute Gasteiger partial charge is 0.506 e. The fourth-order valence-electron chi connectivity index (χ4n) is 1.60. The average molecular weight is 510 g/mol. The molecule has 120 valence electrons. The Bertz CT molecular complexity index is 755. The fourth-order valence-corrected chi connectivity index (χ4v) is 3.34. The molecule has 0 radical (unpaired) electrons. The number of rotatable bonds is 5. The van der Waals surface area contributed by atoms with Crippen LogP contribution in [0.25, 0.3) is 0 Å². The van der Waals surface area contributed by atoms with Gasteiger partial charge in [0.2, 0.25) is 0 Å². The number of phenols is 1. The molecule has 5 nitrogen and oxygen atoms in total. The molecule has 0 aliphatic rings. The molecular weight excluding hydrogens is 498 g/mol. The topological polar surface area (TPSA) is 70.9 Å². The Morgan fingerprint density at radius 2 is 2.17 bits per heavy atom. The number of benzene rings is 2. The van der Waals surface area contributed by atoms with Gasteiger partial charge in [0.05, 0.1) is 14.8 Å². The second kappa shape index (κ2) is 8.51. The highest BCUT2D eigenvalue weighted by atomic mass is 127. The van der Waals surface area contributed by atoms with E-state index in [0.717, 1.165) is 4.47 Å². The summed E-state index contributed by atoms with van der Waals surface area (Å²) in [4.78, 5) is 11.7. The van der Waals surface area contributed by atoms with Gasteiger partial charge in [-0.1, -0.05) is 39.7 Å². The van der Waals surface area contributed by atoms with Crippen molar-refractivity contribution in [2.45, 2.75) is 0 Å². The van der Waals surface area contributed by atoms with Crippen LogP contribution in [-0.4, -0.2) is 23.8 Å². The standard InChI is InChI=1S/C15H11BrClIN2O3/c16-10-5-9(15(22)12(18)6-10)7-19-20-14(21)8-23-13-4-2-1-3-11(13)17/h1-7,22H,8H2,(H,20,21)/b19-7-. The van der Waals surface area contributed by atoms with Gasteiger partial charge in [0, 0.05) is 10.0 Å². The predicted molar refractivity (Wildman–Crippen MR) is 101 cm³/mol. The zero-order chi connectivity index (χ0) is 16.8. The molecule has 0 aliphatic carbocycles. The number of hydrazone groups is 1. The Morgan fingerprint density at radius 1 is 1.43 bits per heavy atom. The third-order valence-electron chi connectivity index (χ3n) is 2.65. The molecule has 0 aromatic heterocycles. The van der Waals surface area contributed by atoms with E-state index in [0.29, 0.717) is 19.9 Å². The summed E-state index contributed by atoms with van der Waals surface area (Å²) in [6, 6.07) is 10.3. The summed E-state index contributed by atoms with van der Waals surface area (Å²) >= 11 is 11.2. The Hall–Kier alpha value is -1.32. The SMILES string of the molecule is O=C(COc1ccccc1Cl)N/N=C\c1cc(Br)cc(I)c1O. The zero-order valence-electron chi connectivity index (χ0n) is 11.6. The van der Waals surface area contributed by atoms with E-state index in [2.05, 4.69) is 26.5 Å². The van der Waals surface area contributed by atoms with Crippen LogP contribution >= 0.6 is 50.1 Å². The van der Waals surface area contributed by atoms with Gasteiger partial charge in [-0.05, 0) is 46.9 Å². The van der Waals surface area contributed by atoms with E-state index in [4.69, 9.17) is 16.3 Å². The van der Waals surface area contributed by atoms with Crippen LogP contribution < -0.4 is 10.2 Å². The number of para-hydroxylation sites is 1. The van der Waals surface area contributed by atoms with E-state index < -0.39 is 5.91 Å². The number of amides is 1. The van der Waals surface area contributed by atoms with Crippen LogP contribution in [0, 0.1) is 3.57 Å². The summed E-state index contributed by atoms with van der Waals surface area (Å²) in [6.07, 6.45) is 1.36. The number of ether oxygens (including phenoxy) is 1. The summed E-state index contributed by atoms with van der Waals surface area (Å²) in [6.45, 7) is -0.219. The highest BCUT2D eigenvalue weighted by Crippen LogP contribution is 2.27. The summed E-state index contributed by atoms with van der Waals surface area (Å²) in [5.41, 5.74) is 2.80. The first-order valence-electron chi connectivity index (χ1n) is 6.34. The molecule has 0 saturated heterocycles. The minimum atomic E-state index is -0.439. The zero-order valence-corrected chi connectivity index (χ0v) is 16.1. The Labute approximate surface area is 160 Å². The first-order chi connectivity index (χ1) is 11.0. The van der Waals surface area contributed by atoms with Crippen LogP contribution in [0.1, 0.15) is 5.56 Å². The Kier molecular flexibility index (Phi) is 6.67. The number of aromatic hydroxyl groups is 1. The molecular formula is C15H11BrClIN2O3. The summed E-state index contributed by atoms with van der Waals surface area (Å²) < 4.78 is 6.76. The Balaban J connectivity index is 1.91. The molecule has 0 saturated carbocycles. The van der Waals surface area contributed by atoms with E-state index in [-0.39, 0.29) is 12.4 Å². The third kappa shape index (κ3) is 5.36. The maximum atomic E-state index is 11.7. The normalized spacial score (nSPS) is 10.7. The van der Waals surface area contributed by atoms with Crippen molar-refractivity contribution in [3.63, 3.8) is 0 Å². The van der Waals surface area contributed by atoms with Gasteiger partial charge in [-0.25, -0.2) is 5.43 Å². The van der Waals surface area contributed by atoms with Crippen LogP contribution in [0.3, 0.4) is 0 Å². The van der Waals surface area contributed by atoms with Crippen molar-refractivity contribution in [1.29, 1.82) is 0 Å². The van der Waals surface area contributed by atoms with Crippen molar-refractivity contribution in [1.82, 2.24) is 5.43 Å². The molecule has 0 bridgehead atoms. The molecule has 0 aliphatic heterocycles. The number of phenolic OH excluding ortho intramolecular Hbond substituents is 1. The number of carbonyl (C=O) groups excluding carboxylic acids is 1. The number of hydrogen-bond donors (Lipinski definition) is 2. The predicted octanol–water partition coefficient (Wildman–Crippen LogP) is 3.94. The minimum absolute atomic E-state index is 0.0964. The van der Waals surface area contributed by atoms with Gasteiger partial charge in [0.25, 0.3) is 5.91 Å². The molecule has 8 heteroatoms. The second-order valence-corrected chi connectivity index (χ2v) is 6.82. The summed E-state index contributed by atoms with van der Waals surface area (Å²) in [7, 11) is 0. The molecule has 0 spiro atoms. The van der Waals surface area contributed by atoms with E-state index >= 15 is 0 Å². The van der Waals surface area contributed by atoms with Crippen LogP contribution in [0.15, 0.2) is 46.0 Å². The van der Waals surface area contributed by atoms with Gasteiger partial charge in [-0.3, -0.25) is 4.79 Å². The maximum absolute atomic E-state index is 11.7. The van der Waals surface area contributed by atoms with Crippen molar-refractivity contribution < 1.29 is 14.6 Å². The molecule has 2 N–H and O–H groups in total. The van der Waals surface area contributed by atoms with Gasteiger partial charge < -0.3 is 9.84 Å². The van der Waals surface area contributed by atoms with Crippen LogP contribution in [0.5, 0.6) is 11.5 Å². The quantitative estimate of drug-likeness (QED) is 0.365. The number of hydrogen-bond acceptors (Lipinski definition) is 4. The molecule has 0 heterocycles. The van der Waals surface area contributed by atoms with E-state index in [1.807, 2.05) is 22.6 Å². The van der Waals surface area contributed by atoms with Crippen molar-refractivity contribution in [3.8, 4) is 11.5 Å². The monoisotopic (exact) mass is 508 g/mol. The van der Waals surface area contributed by atoms with Crippen molar-refractivity contribution >= 4 is 62.2 Å². The highest BCUT2D eigenvalue weighted by Gasteiger charge is 2.06. The van der Waals surface area contributed by atoms with Crippen molar-refractivity contribution in [3.05, 3.63) is 55.0 Å². The molecule has 1 amide bonds. The second-order valence-electron chi connectivity index (χ2n) is 4.34. The van der Waals surface area contributed by atoms with Gasteiger partial charge in [0.1, 0.15) is 11.5 Å². The van der Waals surface area contributed by atoms with Crippen LogP contribution in [0.4, 0.5) is 0 Å². The van der Waals surface area contributed by atoms with Gasteiger partial charge in [-0.2, -0.15) is 5.10 Å². The molecule has 23 heavy (non-hydrogen) atoms. The summed E-state index contributed by atoms with van der Waals surface area (Å²) in [5.74, 6) is 0.0805. The lowest BCUT2D eigenvalue weighted by molar-refractivity contribution is -0.123. The smallest absolute Gasteiger partial charge is 0.277 e. The molecule has 2 aromatic rings. The van der Waals surface area contributed by atoms with Gasteiger partial charge in [-0.15, -0.1) is 0 Å². The van der Waals surface area contributed by atoms with E-state index in [1.54, 1.807) is 36.4 Å². The lowest BCUT2D eigenvalue weighted by Gasteiger charge is -2.06. The van der Waals surface area contributed by atoms with Gasteiger partial charge >= 0.3 is 0 Å². The van der Waals surface area contributed by atoms with Crippen molar-refractivity contribution in [2.75, 3.05) is 6.61 Å². The first kappa shape index (κ1) is 18.0. The lowest BCUT2D eigenvalue weighted by atomic mass is 10.2. The van der Waals surface area contributed by atoms with Crippen LogP contribution in [-0.2, 0) is 4.79 Å².